The molecular weight excluding hydrogens is 238 g/mol. The number of rotatable bonds is 5. The second kappa shape index (κ2) is 6.20. The molecular formula is C16H23NO2. The molecule has 1 aromatic carbocycles. The van der Waals surface area contributed by atoms with Crippen molar-refractivity contribution >= 4 is 5.97 Å². The highest BCUT2D eigenvalue weighted by molar-refractivity contribution is 5.74. The Morgan fingerprint density at radius 1 is 1.32 bits per heavy atom. The van der Waals surface area contributed by atoms with Crippen LogP contribution >= 0.6 is 0 Å². The lowest BCUT2D eigenvalue weighted by Crippen LogP contribution is -2.47. The summed E-state index contributed by atoms with van der Waals surface area (Å²) in [6, 6.07) is 7.84. The van der Waals surface area contributed by atoms with Crippen molar-refractivity contribution in [1.82, 2.24) is 4.90 Å². The van der Waals surface area contributed by atoms with E-state index in [1.165, 1.54) is 11.1 Å². The fourth-order valence-electron chi connectivity index (χ4n) is 2.89. The van der Waals surface area contributed by atoms with E-state index in [0.717, 1.165) is 25.9 Å². The Bertz CT molecular complexity index is 440. The van der Waals surface area contributed by atoms with Crippen LogP contribution in [-0.4, -0.2) is 28.6 Å². The number of carboxylic acid groups (broad SMARTS) is 1. The number of hydrogen-bond acceptors (Lipinski definition) is 2. The van der Waals surface area contributed by atoms with E-state index >= 15 is 0 Å². The first-order chi connectivity index (χ1) is 9.15. The monoisotopic (exact) mass is 261 g/mol. The van der Waals surface area contributed by atoms with Gasteiger partial charge in [-0.15, -0.1) is 0 Å². The molecule has 3 nitrogen and oxygen atoms in total. The summed E-state index contributed by atoms with van der Waals surface area (Å²) in [5.41, 5.74) is 2.47. The number of fused-ring (bicyclic) bond motifs is 1. The van der Waals surface area contributed by atoms with Crippen LogP contribution in [0.25, 0.3) is 0 Å². The van der Waals surface area contributed by atoms with E-state index in [0.29, 0.717) is 12.3 Å². The van der Waals surface area contributed by atoms with Gasteiger partial charge in [0.1, 0.15) is 6.04 Å². The fraction of sp³-hybridized carbons (Fsp3) is 0.562. The summed E-state index contributed by atoms with van der Waals surface area (Å²) in [4.78, 5) is 13.6. The van der Waals surface area contributed by atoms with Crippen LogP contribution < -0.4 is 0 Å². The largest absolute Gasteiger partial charge is 0.480 e. The molecule has 0 fully saturated rings. The van der Waals surface area contributed by atoms with Crippen LogP contribution in [0.5, 0.6) is 0 Å². The first-order valence-electron chi connectivity index (χ1n) is 7.19. The van der Waals surface area contributed by atoms with Gasteiger partial charge in [0.05, 0.1) is 0 Å². The van der Waals surface area contributed by atoms with Gasteiger partial charge >= 0.3 is 5.97 Å². The Balaban J connectivity index is 2.19. The Labute approximate surface area is 115 Å². The van der Waals surface area contributed by atoms with Crippen LogP contribution in [-0.2, 0) is 17.8 Å². The molecule has 0 spiro atoms. The van der Waals surface area contributed by atoms with Crippen LogP contribution in [0.15, 0.2) is 24.3 Å². The topological polar surface area (TPSA) is 40.5 Å². The quantitative estimate of drug-likeness (QED) is 0.886. The molecule has 1 aliphatic heterocycles. The fourth-order valence-corrected chi connectivity index (χ4v) is 2.89. The minimum atomic E-state index is -0.694. The van der Waals surface area contributed by atoms with Crippen LogP contribution in [0.2, 0.25) is 0 Å². The van der Waals surface area contributed by atoms with Crippen LogP contribution in [0, 0.1) is 5.92 Å². The third-order valence-electron chi connectivity index (χ3n) is 4.28. The number of carboxylic acids is 1. The van der Waals surface area contributed by atoms with Crippen molar-refractivity contribution in [2.24, 2.45) is 5.92 Å². The molecule has 19 heavy (non-hydrogen) atoms. The highest BCUT2D eigenvalue weighted by atomic mass is 16.4. The molecule has 0 bridgehead atoms. The maximum atomic E-state index is 11.5. The van der Waals surface area contributed by atoms with Gasteiger partial charge in [0.15, 0.2) is 0 Å². The third kappa shape index (κ3) is 3.16. The maximum absolute atomic E-state index is 11.5. The number of aliphatic carboxylic acids is 1. The lowest BCUT2D eigenvalue weighted by Gasteiger charge is -2.36. The van der Waals surface area contributed by atoms with Crippen LogP contribution in [0.4, 0.5) is 0 Å². The number of hydrogen-bond donors (Lipinski definition) is 1. The van der Waals surface area contributed by atoms with E-state index in [1.54, 1.807) is 0 Å². The molecule has 0 radical (unpaired) electrons. The molecule has 2 rings (SSSR count). The lowest BCUT2D eigenvalue weighted by molar-refractivity contribution is -0.144. The van der Waals surface area contributed by atoms with Crippen molar-refractivity contribution in [3.8, 4) is 0 Å². The standard InChI is InChI=1S/C16H23NO2/c1-3-12(4-2)10-17-11-14-8-6-5-7-13(14)9-15(17)16(18)19/h5-8,12,15H,3-4,9-11H2,1-2H3,(H,18,19). The molecule has 0 aromatic heterocycles. The van der Waals surface area contributed by atoms with Gasteiger partial charge in [0.25, 0.3) is 0 Å². The summed E-state index contributed by atoms with van der Waals surface area (Å²) in [5, 5.41) is 9.45. The third-order valence-corrected chi connectivity index (χ3v) is 4.28. The number of benzene rings is 1. The second-order valence-corrected chi connectivity index (χ2v) is 5.44. The lowest BCUT2D eigenvalue weighted by atomic mass is 9.92. The molecule has 0 aliphatic carbocycles. The molecule has 1 heterocycles. The molecule has 0 amide bonds. The molecule has 1 atom stereocenters. The van der Waals surface area contributed by atoms with Gasteiger partial charge in [-0.25, -0.2) is 0 Å². The van der Waals surface area contributed by atoms with Crippen molar-refractivity contribution in [3.05, 3.63) is 35.4 Å². The summed E-state index contributed by atoms with van der Waals surface area (Å²) in [7, 11) is 0. The number of carbonyl (C=O) groups is 1. The van der Waals surface area contributed by atoms with E-state index in [1.807, 2.05) is 12.1 Å². The molecule has 0 saturated carbocycles. The van der Waals surface area contributed by atoms with E-state index in [-0.39, 0.29) is 6.04 Å². The van der Waals surface area contributed by atoms with Gasteiger partial charge in [0.2, 0.25) is 0 Å². The van der Waals surface area contributed by atoms with Gasteiger partial charge in [-0.2, -0.15) is 0 Å². The minimum Gasteiger partial charge on any atom is -0.480 e. The average molecular weight is 261 g/mol. The Morgan fingerprint density at radius 2 is 1.95 bits per heavy atom. The zero-order chi connectivity index (χ0) is 13.8. The number of nitrogens with zero attached hydrogens (tertiary/aromatic N) is 1. The van der Waals surface area contributed by atoms with E-state index in [9.17, 15) is 9.90 Å². The van der Waals surface area contributed by atoms with Gasteiger partial charge in [0, 0.05) is 13.1 Å². The normalized spacial score (nSPS) is 19.4. The highest BCUT2D eigenvalue weighted by Gasteiger charge is 2.31. The van der Waals surface area contributed by atoms with E-state index in [4.69, 9.17) is 0 Å². The Hall–Kier alpha value is -1.35. The van der Waals surface area contributed by atoms with Crippen LogP contribution in [0.3, 0.4) is 0 Å². The van der Waals surface area contributed by atoms with Gasteiger partial charge < -0.3 is 5.11 Å². The predicted octanol–water partition coefficient (Wildman–Crippen LogP) is 2.93. The molecule has 1 unspecified atom stereocenters. The maximum Gasteiger partial charge on any atom is 0.321 e. The van der Waals surface area contributed by atoms with Gasteiger partial charge in [-0.1, -0.05) is 51.0 Å². The first-order valence-corrected chi connectivity index (χ1v) is 7.19. The smallest absolute Gasteiger partial charge is 0.321 e. The predicted molar refractivity (Wildman–Crippen MR) is 76.1 cm³/mol. The van der Waals surface area contributed by atoms with Crippen molar-refractivity contribution in [3.63, 3.8) is 0 Å². The summed E-state index contributed by atoms with van der Waals surface area (Å²) in [6.07, 6.45) is 2.85. The van der Waals surface area contributed by atoms with Crippen molar-refractivity contribution < 1.29 is 9.90 Å². The van der Waals surface area contributed by atoms with Gasteiger partial charge in [-0.05, 0) is 23.5 Å². The SMILES string of the molecule is CCC(CC)CN1Cc2ccccc2CC1C(=O)O. The highest BCUT2D eigenvalue weighted by Crippen LogP contribution is 2.25. The van der Waals surface area contributed by atoms with Crippen molar-refractivity contribution in [1.29, 1.82) is 0 Å². The molecule has 1 aromatic rings. The minimum absolute atomic E-state index is 0.365. The van der Waals surface area contributed by atoms with Crippen LogP contribution in [0.1, 0.15) is 37.8 Å². The zero-order valence-electron chi connectivity index (χ0n) is 11.8. The Kier molecular flexibility index (Phi) is 4.59. The summed E-state index contributed by atoms with van der Waals surface area (Å²) in [6.45, 7) is 6.02. The molecule has 0 saturated heterocycles. The molecule has 104 valence electrons. The van der Waals surface area contributed by atoms with Crippen molar-refractivity contribution in [2.75, 3.05) is 6.54 Å². The van der Waals surface area contributed by atoms with Gasteiger partial charge in [-0.3, -0.25) is 9.69 Å². The summed E-state index contributed by atoms with van der Waals surface area (Å²) < 4.78 is 0. The van der Waals surface area contributed by atoms with E-state index < -0.39 is 5.97 Å². The zero-order valence-corrected chi connectivity index (χ0v) is 11.8. The summed E-state index contributed by atoms with van der Waals surface area (Å²) in [5.74, 6) is -0.104. The average Bonchev–Trinajstić information content (AvgIpc) is 2.43. The Morgan fingerprint density at radius 3 is 2.53 bits per heavy atom. The van der Waals surface area contributed by atoms with Crippen molar-refractivity contribution in [2.45, 2.75) is 45.7 Å². The molecule has 3 heteroatoms. The van der Waals surface area contributed by atoms with E-state index in [2.05, 4.69) is 30.9 Å². The molecule has 1 N–H and O–H groups in total. The summed E-state index contributed by atoms with van der Waals surface area (Å²) >= 11 is 0. The molecule has 1 aliphatic rings. The first kappa shape index (κ1) is 14.1. The second-order valence-electron chi connectivity index (χ2n) is 5.44.